The van der Waals surface area contributed by atoms with Crippen molar-refractivity contribution in [2.75, 3.05) is 11.9 Å². The van der Waals surface area contributed by atoms with Gasteiger partial charge in [0.25, 0.3) is 0 Å². The molecular formula is C14H20N2O2S. The van der Waals surface area contributed by atoms with Crippen LogP contribution in [0.15, 0.2) is 0 Å². The summed E-state index contributed by atoms with van der Waals surface area (Å²) in [6.45, 7) is 3.23. The van der Waals surface area contributed by atoms with E-state index in [9.17, 15) is 9.90 Å². The Bertz CT molecular complexity index is 482. The van der Waals surface area contributed by atoms with E-state index >= 15 is 0 Å². The molecular weight excluding hydrogens is 260 g/mol. The monoisotopic (exact) mass is 280 g/mol. The topological polar surface area (TPSA) is 62.2 Å². The number of hydrogen-bond acceptors (Lipinski definition) is 4. The number of thiazole rings is 1. The fourth-order valence-corrected chi connectivity index (χ4v) is 3.89. The van der Waals surface area contributed by atoms with Crippen LogP contribution in [0.2, 0.25) is 0 Å². The largest absolute Gasteiger partial charge is 0.481 e. The lowest BCUT2D eigenvalue weighted by Gasteiger charge is -2.16. The number of aliphatic carboxylic acids is 1. The van der Waals surface area contributed by atoms with Crippen molar-refractivity contribution in [1.82, 2.24) is 4.98 Å². The van der Waals surface area contributed by atoms with Crippen LogP contribution in [-0.2, 0) is 11.2 Å². The zero-order chi connectivity index (χ0) is 13.4. The number of nitrogens with one attached hydrogen (secondary N) is 1. The average Bonchev–Trinajstić information content (AvgIpc) is 3.14. The first-order chi connectivity index (χ1) is 9.15. The van der Waals surface area contributed by atoms with E-state index in [-0.39, 0.29) is 0 Å². The van der Waals surface area contributed by atoms with Crippen LogP contribution in [0, 0.1) is 11.8 Å². The normalized spacial score (nSPS) is 23.7. The summed E-state index contributed by atoms with van der Waals surface area (Å²) in [7, 11) is 0. The number of anilines is 1. The molecule has 1 aromatic rings. The van der Waals surface area contributed by atoms with Crippen LogP contribution in [0.1, 0.15) is 49.1 Å². The standard InChI is InChI=1S/C14H20N2O2S/c1-8(9-5-6-9)7-15-14-16-12-10(13(17)18)3-2-4-11(12)19-14/h8-10H,2-7H2,1H3,(H,15,16)(H,17,18). The van der Waals surface area contributed by atoms with Gasteiger partial charge in [-0.25, -0.2) is 4.98 Å². The van der Waals surface area contributed by atoms with Crippen molar-refractivity contribution in [3.63, 3.8) is 0 Å². The quantitative estimate of drug-likeness (QED) is 0.870. The Morgan fingerprint density at radius 1 is 1.53 bits per heavy atom. The zero-order valence-corrected chi connectivity index (χ0v) is 12.0. The van der Waals surface area contributed by atoms with Gasteiger partial charge in [-0.15, -0.1) is 11.3 Å². The van der Waals surface area contributed by atoms with Crippen LogP contribution >= 0.6 is 11.3 Å². The predicted octanol–water partition coefficient (Wildman–Crippen LogP) is 3.11. The van der Waals surface area contributed by atoms with Crippen LogP contribution in [0.5, 0.6) is 0 Å². The molecule has 1 aromatic heterocycles. The smallest absolute Gasteiger partial charge is 0.312 e. The summed E-state index contributed by atoms with van der Waals surface area (Å²) in [6, 6.07) is 0. The molecule has 4 nitrogen and oxygen atoms in total. The second-order valence-electron chi connectivity index (χ2n) is 5.81. The molecule has 0 bridgehead atoms. The Labute approximate surface area is 117 Å². The number of carbonyl (C=O) groups is 1. The van der Waals surface area contributed by atoms with E-state index < -0.39 is 11.9 Å². The zero-order valence-electron chi connectivity index (χ0n) is 11.2. The molecule has 1 fully saturated rings. The molecule has 0 aliphatic heterocycles. The average molecular weight is 280 g/mol. The van der Waals surface area contributed by atoms with Gasteiger partial charge in [0, 0.05) is 11.4 Å². The van der Waals surface area contributed by atoms with Gasteiger partial charge in [-0.05, 0) is 43.9 Å². The van der Waals surface area contributed by atoms with Crippen LogP contribution in [-0.4, -0.2) is 22.6 Å². The number of carboxylic acids is 1. The number of aryl methyl sites for hydroxylation is 1. The Morgan fingerprint density at radius 2 is 2.32 bits per heavy atom. The van der Waals surface area contributed by atoms with Gasteiger partial charge in [0.15, 0.2) is 5.13 Å². The lowest BCUT2D eigenvalue weighted by Crippen LogP contribution is -2.17. The van der Waals surface area contributed by atoms with Crippen molar-refractivity contribution in [3.8, 4) is 0 Å². The number of carboxylic acid groups (broad SMARTS) is 1. The van der Waals surface area contributed by atoms with Crippen LogP contribution in [0.3, 0.4) is 0 Å². The maximum absolute atomic E-state index is 11.2. The maximum Gasteiger partial charge on any atom is 0.312 e. The van der Waals surface area contributed by atoms with Gasteiger partial charge in [-0.3, -0.25) is 4.79 Å². The molecule has 104 valence electrons. The van der Waals surface area contributed by atoms with E-state index in [1.807, 2.05) is 0 Å². The summed E-state index contributed by atoms with van der Waals surface area (Å²) in [4.78, 5) is 16.9. The minimum absolute atomic E-state index is 0.392. The second-order valence-corrected chi connectivity index (χ2v) is 6.89. The number of nitrogens with zero attached hydrogens (tertiary/aromatic N) is 1. The fourth-order valence-electron chi connectivity index (χ4n) is 2.81. The summed E-state index contributed by atoms with van der Waals surface area (Å²) in [5.74, 6) is 0.450. The van der Waals surface area contributed by atoms with E-state index in [0.717, 1.165) is 42.6 Å². The van der Waals surface area contributed by atoms with E-state index in [1.54, 1.807) is 11.3 Å². The van der Waals surface area contributed by atoms with Gasteiger partial charge in [-0.2, -0.15) is 0 Å². The SMILES string of the molecule is CC(CNc1nc2c(s1)CCCC2C(=O)O)C1CC1. The summed E-state index contributed by atoms with van der Waals surface area (Å²) in [5, 5.41) is 13.5. The molecule has 2 aliphatic carbocycles. The Balaban J connectivity index is 1.68. The highest BCUT2D eigenvalue weighted by atomic mass is 32.1. The minimum Gasteiger partial charge on any atom is -0.481 e. The molecule has 2 unspecified atom stereocenters. The highest BCUT2D eigenvalue weighted by Crippen LogP contribution is 2.38. The molecule has 3 rings (SSSR count). The molecule has 2 atom stereocenters. The summed E-state index contributed by atoms with van der Waals surface area (Å²) in [5.41, 5.74) is 0.810. The number of fused-ring (bicyclic) bond motifs is 1. The minimum atomic E-state index is -0.732. The van der Waals surface area contributed by atoms with Crippen LogP contribution in [0.25, 0.3) is 0 Å². The summed E-state index contributed by atoms with van der Waals surface area (Å²) >= 11 is 1.65. The third-order valence-corrected chi connectivity index (χ3v) is 5.34. The van der Waals surface area contributed by atoms with E-state index in [0.29, 0.717) is 5.92 Å². The molecule has 0 radical (unpaired) electrons. The fraction of sp³-hybridized carbons (Fsp3) is 0.714. The van der Waals surface area contributed by atoms with Crippen molar-refractivity contribution < 1.29 is 9.90 Å². The molecule has 1 saturated carbocycles. The molecule has 1 heterocycles. The van der Waals surface area contributed by atoms with E-state index in [2.05, 4.69) is 17.2 Å². The molecule has 0 amide bonds. The molecule has 2 N–H and O–H groups in total. The summed E-state index contributed by atoms with van der Waals surface area (Å²) < 4.78 is 0. The van der Waals surface area contributed by atoms with Crippen LogP contribution in [0.4, 0.5) is 5.13 Å². The molecule has 2 aliphatic rings. The van der Waals surface area contributed by atoms with Gasteiger partial charge >= 0.3 is 5.97 Å². The van der Waals surface area contributed by atoms with E-state index in [1.165, 1.54) is 17.7 Å². The molecule has 0 spiro atoms. The van der Waals surface area contributed by atoms with Gasteiger partial charge in [0.1, 0.15) is 5.92 Å². The molecule has 5 heteroatoms. The molecule has 0 aromatic carbocycles. The number of aromatic nitrogens is 1. The van der Waals surface area contributed by atoms with Gasteiger partial charge in [0.05, 0.1) is 5.69 Å². The van der Waals surface area contributed by atoms with Gasteiger partial charge < -0.3 is 10.4 Å². The predicted molar refractivity (Wildman–Crippen MR) is 75.8 cm³/mol. The van der Waals surface area contributed by atoms with E-state index in [4.69, 9.17) is 0 Å². The lowest BCUT2D eigenvalue weighted by atomic mass is 9.91. The second kappa shape index (κ2) is 5.12. The maximum atomic E-state index is 11.2. The number of rotatable bonds is 5. The molecule has 19 heavy (non-hydrogen) atoms. The molecule has 0 saturated heterocycles. The van der Waals surface area contributed by atoms with Crippen molar-refractivity contribution in [1.29, 1.82) is 0 Å². The first-order valence-electron chi connectivity index (χ1n) is 7.11. The summed E-state index contributed by atoms with van der Waals surface area (Å²) in [6.07, 6.45) is 5.39. The Morgan fingerprint density at radius 3 is 3.00 bits per heavy atom. The van der Waals surface area contributed by atoms with Gasteiger partial charge in [-0.1, -0.05) is 6.92 Å². The number of hydrogen-bond donors (Lipinski definition) is 2. The highest BCUT2D eigenvalue weighted by Gasteiger charge is 2.31. The van der Waals surface area contributed by atoms with Gasteiger partial charge in [0.2, 0.25) is 0 Å². The Hall–Kier alpha value is -1.10. The highest BCUT2D eigenvalue weighted by molar-refractivity contribution is 7.15. The van der Waals surface area contributed by atoms with Crippen molar-refractivity contribution in [3.05, 3.63) is 10.6 Å². The third-order valence-electron chi connectivity index (χ3n) is 4.25. The lowest BCUT2D eigenvalue weighted by molar-refractivity contribution is -0.139. The first-order valence-corrected chi connectivity index (χ1v) is 7.93. The van der Waals surface area contributed by atoms with Crippen molar-refractivity contribution in [2.24, 2.45) is 11.8 Å². The third kappa shape index (κ3) is 2.76. The van der Waals surface area contributed by atoms with Crippen LogP contribution < -0.4 is 5.32 Å². The Kier molecular flexibility index (Phi) is 3.48. The van der Waals surface area contributed by atoms with Crippen molar-refractivity contribution >= 4 is 22.4 Å². The van der Waals surface area contributed by atoms with Crippen molar-refractivity contribution in [2.45, 2.75) is 44.9 Å². The first kappa shape index (κ1) is 12.9.